The molecule has 7 nitrogen and oxygen atoms in total. The molecule has 102 valence electrons. The number of aromatic nitrogens is 3. The Morgan fingerprint density at radius 1 is 1.58 bits per heavy atom. The highest BCUT2D eigenvalue weighted by Gasteiger charge is 2.18. The van der Waals surface area contributed by atoms with Crippen molar-refractivity contribution in [2.45, 2.75) is 19.4 Å². The molecule has 0 aliphatic heterocycles. The number of nitrogens with zero attached hydrogens (tertiary/aromatic N) is 3. The van der Waals surface area contributed by atoms with E-state index in [4.69, 9.17) is 4.74 Å². The zero-order chi connectivity index (χ0) is 13.8. The normalized spacial score (nSPS) is 12.5. The Labute approximate surface area is 110 Å². The predicted molar refractivity (Wildman–Crippen MR) is 69.3 cm³/mol. The van der Waals surface area contributed by atoms with Crippen LogP contribution in [0.1, 0.15) is 12.0 Å². The first-order valence-corrected chi connectivity index (χ1v) is 5.90. The molecule has 0 saturated heterocycles. The summed E-state index contributed by atoms with van der Waals surface area (Å²) in [5.41, 5.74) is 1.66. The number of carboxylic acid groups (broad SMARTS) is 1. The molecule has 0 aliphatic rings. The largest absolute Gasteiger partial charge is 0.480 e. The van der Waals surface area contributed by atoms with E-state index in [2.05, 4.69) is 15.4 Å². The van der Waals surface area contributed by atoms with Gasteiger partial charge in [0.1, 0.15) is 18.2 Å². The van der Waals surface area contributed by atoms with Crippen LogP contribution in [0.5, 0.6) is 0 Å². The van der Waals surface area contributed by atoms with Crippen LogP contribution in [-0.4, -0.2) is 45.4 Å². The maximum absolute atomic E-state index is 11.2. The molecular weight excluding hydrogens is 248 g/mol. The Bertz CT molecular complexity index is 581. The Morgan fingerprint density at radius 3 is 3.05 bits per heavy atom. The summed E-state index contributed by atoms with van der Waals surface area (Å²) in [6, 6.07) is 2.99. The average molecular weight is 264 g/mol. The molecule has 1 atom stereocenters. The van der Waals surface area contributed by atoms with Crippen LogP contribution in [0.4, 0.5) is 5.82 Å². The fourth-order valence-electron chi connectivity index (χ4n) is 1.83. The number of nitrogens with one attached hydrogen (secondary N) is 1. The summed E-state index contributed by atoms with van der Waals surface area (Å²) in [6.45, 7) is 2.29. The molecule has 0 aliphatic carbocycles. The second-order valence-corrected chi connectivity index (χ2v) is 4.26. The minimum atomic E-state index is -0.924. The monoisotopic (exact) mass is 264 g/mol. The molecule has 1 unspecified atom stereocenters. The van der Waals surface area contributed by atoms with Crippen molar-refractivity contribution in [3.8, 4) is 0 Å². The van der Waals surface area contributed by atoms with Gasteiger partial charge in [0.05, 0.1) is 0 Å². The van der Waals surface area contributed by atoms with Crippen LogP contribution in [0.3, 0.4) is 0 Å². The molecular formula is C12H16N4O3. The minimum absolute atomic E-state index is 0.371. The maximum Gasteiger partial charge on any atom is 0.326 e. The quantitative estimate of drug-likeness (QED) is 0.807. The molecule has 0 amide bonds. The average Bonchev–Trinajstić information content (AvgIpc) is 2.81. The topological polar surface area (TPSA) is 88.8 Å². The fraction of sp³-hybridized carbons (Fsp3) is 0.417. The highest BCUT2D eigenvalue weighted by Crippen LogP contribution is 2.15. The number of carboxylic acids is 1. The predicted octanol–water partition coefficient (Wildman–Crippen LogP) is 0.939. The molecule has 2 N–H and O–H groups in total. The van der Waals surface area contributed by atoms with Gasteiger partial charge in [0.2, 0.25) is 0 Å². The lowest BCUT2D eigenvalue weighted by atomic mass is 10.2. The van der Waals surface area contributed by atoms with Crippen molar-refractivity contribution in [3.63, 3.8) is 0 Å². The Balaban J connectivity index is 2.27. The van der Waals surface area contributed by atoms with Gasteiger partial charge in [-0.05, 0) is 24.6 Å². The third-order valence-electron chi connectivity index (χ3n) is 2.75. The molecule has 7 heteroatoms. The third kappa shape index (κ3) is 3.00. The van der Waals surface area contributed by atoms with Gasteiger partial charge in [0.25, 0.3) is 0 Å². The van der Waals surface area contributed by atoms with E-state index >= 15 is 0 Å². The summed E-state index contributed by atoms with van der Waals surface area (Å²) in [4.78, 5) is 15.3. The van der Waals surface area contributed by atoms with Gasteiger partial charge >= 0.3 is 5.97 Å². The number of methoxy groups -OCH3 is 1. The number of aliphatic carboxylic acids is 1. The lowest BCUT2D eigenvalue weighted by Crippen LogP contribution is -2.31. The number of pyridine rings is 1. The summed E-state index contributed by atoms with van der Waals surface area (Å²) < 4.78 is 6.50. The van der Waals surface area contributed by atoms with E-state index < -0.39 is 12.0 Å². The van der Waals surface area contributed by atoms with E-state index in [-0.39, 0.29) is 0 Å². The second kappa shape index (κ2) is 5.66. The maximum atomic E-state index is 11.2. The van der Waals surface area contributed by atoms with Gasteiger partial charge in [-0.3, -0.25) is 0 Å². The number of anilines is 1. The Hall–Kier alpha value is -2.15. The molecule has 2 rings (SSSR count). The third-order valence-corrected chi connectivity index (χ3v) is 2.75. The molecule has 19 heavy (non-hydrogen) atoms. The second-order valence-electron chi connectivity index (χ2n) is 4.26. The molecule has 2 heterocycles. The van der Waals surface area contributed by atoms with Crippen molar-refractivity contribution < 1.29 is 14.6 Å². The lowest BCUT2D eigenvalue weighted by Gasteiger charge is -2.16. The first kappa shape index (κ1) is 13.3. The van der Waals surface area contributed by atoms with Crippen LogP contribution < -0.4 is 5.32 Å². The van der Waals surface area contributed by atoms with Crippen LogP contribution in [0.15, 0.2) is 18.5 Å². The number of ether oxygens (including phenoxy) is 1. The van der Waals surface area contributed by atoms with Gasteiger partial charge in [-0.2, -0.15) is 9.61 Å². The SMILES string of the molecule is COCCC(Nc1cc(C)cc2ncnn12)C(=O)O. The van der Waals surface area contributed by atoms with E-state index in [1.54, 1.807) is 11.6 Å². The van der Waals surface area contributed by atoms with Crippen LogP contribution in [0, 0.1) is 6.92 Å². The molecule has 0 aromatic carbocycles. The first-order valence-electron chi connectivity index (χ1n) is 5.90. The number of fused-ring (bicyclic) bond motifs is 1. The highest BCUT2D eigenvalue weighted by atomic mass is 16.5. The van der Waals surface area contributed by atoms with E-state index in [0.29, 0.717) is 24.5 Å². The summed E-state index contributed by atoms with van der Waals surface area (Å²) >= 11 is 0. The van der Waals surface area contributed by atoms with Gasteiger partial charge in [-0.25, -0.2) is 9.78 Å². The van der Waals surface area contributed by atoms with Crippen molar-refractivity contribution in [1.29, 1.82) is 0 Å². The van der Waals surface area contributed by atoms with Gasteiger partial charge in [-0.15, -0.1) is 0 Å². The van der Waals surface area contributed by atoms with E-state index in [9.17, 15) is 9.90 Å². The summed E-state index contributed by atoms with van der Waals surface area (Å²) in [5.74, 6) is -0.317. The summed E-state index contributed by atoms with van der Waals surface area (Å²) in [5, 5.41) is 16.2. The number of hydrogen-bond acceptors (Lipinski definition) is 5. The van der Waals surface area contributed by atoms with E-state index in [0.717, 1.165) is 5.56 Å². The van der Waals surface area contributed by atoms with Crippen molar-refractivity contribution in [2.24, 2.45) is 0 Å². The van der Waals surface area contributed by atoms with Crippen LogP contribution >= 0.6 is 0 Å². The van der Waals surface area contributed by atoms with Crippen molar-refractivity contribution in [3.05, 3.63) is 24.0 Å². The molecule has 2 aromatic rings. The first-order chi connectivity index (χ1) is 9.11. The summed E-state index contributed by atoms with van der Waals surface area (Å²) in [6.07, 6.45) is 1.81. The Morgan fingerprint density at radius 2 is 2.37 bits per heavy atom. The van der Waals surface area contributed by atoms with Gasteiger partial charge in [0.15, 0.2) is 5.65 Å². The van der Waals surface area contributed by atoms with Crippen LogP contribution in [-0.2, 0) is 9.53 Å². The van der Waals surface area contributed by atoms with Crippen molar-refractivity contribution in [1.82, 2.24) is 14.6 Å². The fourth-order valence-corrected chi connectivity index (χ4v) is 1.83. The number of carbonyl (C=O) groups is 1. The number of hydrogen-bond donors (Lipinski definition) is 2. The zero-order valence-corrected chi connectivity index (χ0v) is 10.8. The Kier molecular flexibility index (Phi) is 3.96. The molecule has 0 fully saturated rings. The standard InChI is InChI=1S/C12H16N4O3/c1-8-5-10-13-7-14-16(10)11(6-8)15-9(12(17)18)3-4-19-2/h5-7,9,15H,3-4H2,1-2H3,(H,17,18). The summed E-state index contributed by atoms with van der Waals surface area (Å²) in [7, 11) is 1.54. The van der Waals surface area contributed by atoms with Gasteiger partial charge in [0, 0.05) is 20.1 Å². The zero-order valence-electron chi connectivity index (χ0n) is 10.8. The van der Waals surface area contributed by atoms with Gasteiger partial charge < -0.3 is 15.2 Å². The number of rotatable bonds is 6. The molecule has 0 saturated carbocycles. The lowest BCUT2D eigenvalue weighted by molar-refractivity contribution is -0.138. The van der Waals surface area contributed by atoms with E-state index in [1.165, 1.54) is 6.33 Å². The smallest absolute Gasteiger partial charge is 0.326 e. The van der Waals surface area contributed by atoms with Gasteiger partial charge in [-0.1, -0.05) is 0 Å². The molecule has 0 radical (unpaired) electrons. The molecule has 0 bridgehead atoms. The number of aryl methyl sites for hydroxylation is 1. The molecule has 0 spiro atoms. The van der Waals surface area contributed by atoms with Crippen LogP contribution in [0.2, 0.25) is 0 Å². The minimum Gasteiger partial charge on any atom is -0.480 e. The van der Waals surface area contributed by atoms with Crippen molar-refractivity contribution in [2.75, 3.05) is 19.0 Å². The van der Waals surface area contributed by atoms with Crippen LogP contribution in [0.25, 0.3) is 5.65 Å². The molecule has 2 aromatic heterocycles. The highest BCUT2D eigenvalue weighted by molar-refractivity contribution is 5.77. The van der Waals surface area contributed by atoms with Crippen molar-refractivity contribution >= 4 is 17.4 Å². The van der Waals surface area contributed by atoms with E-state index in [1.807, 2.05) is 19.1 Å².